The molecule has 6 heteroatoms. The van der Waals surface area contributed by atoms with Crippen molar-refractivity contribution in [2.24, 2.45) is 0 Å². The van der Waals surface area contributed by atoms with Gasteiger partial charge in [-0.05, 0) is 0 Å². The number of thioether (sulfide) groups is 2. The molecule has 0 aromatic heterocycles. The second kappa shape index (κ2) is 6.01. The summed E-state index contributed by atoms with van der Waals surface area (Å²) in [5.41, 5.74) is 0. The molecule has 0 amide bonds. The average Bonchev–Trinajstić information content (AvgIpc) is 2.06. The fourth-order valence-corrected chi connectivity index (χ4v) is 2.85. The van der Waals surface area contributed by atoms with E-state index >= 15 is 0 Å². The van der Waals surface area contributed by atoms with Gasteiger partial charge < -0.3 is 10.6 Å². The molecule has 0 aromatic carbocycles. The molecule has 12 heavy (non-hydrogen) atoms. The summed E-state index contributed by atoms with van der Waals surface area (Å²) in [6.07, 6.45) is 0. The summed E-state index contributed by atoms with van der Waals surface area (Å²) in [5, 5.41) is 6.27. The van der Waals surface area contributed by atoms with Crippen LogP contribution in [0.4, 0.5) is 0 Å². The molecule has 0 aliphatic carbocycles. The predicted molar refractivity (Wildman–Crippen MR) is 66.1 cm³/mol. The molecule has 1 saturated heterocycles. The summed E-state index contributed by atoms with van der Waals surface area (Å²) in [6.45, 7) is 1.71. The van der Waals surface area contributed by atoms with Crippen LogP contribution in [0.5, 0.6) is 0 Å². The van der Waals surface area contributed by atoms with Gasteiger partial charge in [-0.15, -0.1) is 0 Å². The molecule has 68 valence electrons. The maximum absolute atomic E-state index is 5.07. The lowest BCUT2D eigenvalue weighted by molar-refractivity contribution is 0.833. The molecule has 0 bridgehead atoms. The quantitative estimate of drug-likeness (QED) is 0.616. The van der Waals surface area contributed by atoms with Gasteiger partial charge in [0.05, 0.1) is 0 Å². The summed E-state index contributed by atoms with van der Waals surface area (Å²) >= 11 is 13.5. The third-order valence-corrected chi connectivity index (χ3v) is 4.10. The fourth-order valence-electron chi connectivity index (χ4n) is 0.700. The van der Waals surface area contributed by atoms with Crippen molar-refractivity contribution in [3.8, 4) is 0 Å². The molecule has 1 fully saturated rings. The van der Waals surface area contributed by atoms with E-state index in [9.17, 15) is 0 Å². The summed E-state index contributed by atoms with van der Waals surface area (Å²) in [6, 6.07) is 0. The molecule has 0 aromatic rings. The van der Waals surface area contributed by atoms with Crippen LogP contribution in [0.1, 0.15) is 0 Å². The first-order chi connectivity index (χ1) is 5.79. The Labute approximate surface area is 91.6 Å². The first-order valence-corrected chi connectivity index (χ1v) is 6.39. The van der Waals surface area contributed by atoms with Crippen LogP contribution >= 0.6 is 48.0 Å². The van der Waals surface area contributed by atoms with Gasteiger partial charge in [0.25, 0.3) is 0 Å². The van der Waals surface area contributed by atoms with Gasteiger partial charge in [-0.25, -0.2) is 0 Å². The summed E-state index contributed by atoms with van der Waals surface area (Å²) in [5.74, 6) is 2.05. The molecule has 0 unspecified atom stereocenters. The van der Waals surface area contributed by atoms with Crippen molar-refractivity contribution in [3.63, 3.8) is 0 Å². The molecule has 2 N–H and O–H groups in total. The summed E-state index contributed by atoms with van der Waals surface area (Å²) in [4.78, 5) is 0. The lowest BCUT2D eigenvalue weighted by atomic mass is 10.6. The maximum Gasteiger partial charge on any atom is 0.133 e. The zero-order chi connectivity index (χ0) is 8.81. The standard InChI is InChI=1S/C6H10N2S4/c9-5-7-1-2-8-6(10)12-4-3-11-5/h1-4H2,(H,7,9)(H,8,10). The third-order valence-electron chi connectivity index (χ3n) is 1.21. The molecule has 1 aliphatic heterocycles. The molecule has 0 spiro atoms. The monoisotopic (exact) mass is 238 g/mol. The highest BCUT2D eigenvalue weighted by atomic mass is 32.2. The van der Waals surface area contributed by atoms with Crippen LogP contribution in [-0.2, 0) is 0 Å². The zero-order valence-corrected chi connectivity index (χ0v) is 9.73. The van der Waals surface area contributed by atoms with E-state index in [2.05, 4.69) is 10.6 Å². The second-order valence-electron chi connectivity index (χ2n) is 2.13. The van der Waals surface area contributed by atoms with E-state index in [1.165, 1.54) is 0 Å². The van der Waals surface area contributed by atoms with E-state index in [0.29, 0.717) is 0 Å². The molecule has 1 rings (SSSR count). The highest BCUT2D eigenvalue weighted by molar-refractivity contribution is 8.25. The third kappa shape index (κ3) is 4.49. The van der Waals surface area contributed by atoms with Crippen LogP contribution < -0.4 is 10.6 Å². The molecule has 1 heterocycles. The number of hydrogen-bond acceptors (Lipinski definition) is 4. The number of thiocarbonyl (C=S) groups is 2. The van der Waals surface area contributed by atoms with E-state index in [1.54, 1.807) is 23.5 Å². The van der Waals surface area contributed by atoms with Crippen molar-refractivity contribution >= 4 is 56.6 Å². The Kier molecular flexibility index (Phi) is 5.29. The lowest BCUT2D eigenvalue weighted by Crippen LogP contribution is -2.32. The molecular weight excluding hydrogens is 228 g/mol. The van der Waals surface area contributed by atoms with Crippen LogP contribution in [-0.4, -0.2) is 33.2 Å². The van der Waals surface area contributed by atoms with Gasteiger partial charge in [0.2, 0.25) is 0 Å². The Morgan fingerprint density at radius 3 is 1.75 bits per heavy atom. The highest BCUT2D eigenvalue weighted by Crippen LogP contribution is 2.09. The van der Waals surface area contributed by atoms with Crippen molar-refractivity contribution in [1.82, 2.24) is 10.6 Å². The average molecular weight is 238 g/mol. The van der Waals surface area contributed by atoms with Crippen molar-refractivity contribution < 1.29 is 0 Å². The Bertz CT molecular complexity index is 146. The second-order valence-corrected chi connectivity index (χ2v) is 5.67. The van der Waals surface area contributed by atoms with Gasteiger partial charge in [0.1, 0.15) is 8.64 Å². The maximum atomic E-state index is 5.07. The number of hydrogen-bond donors (Lipinski definition) is 2. The van der Waals surface area contributed by atoms with Crippen LogP contribution in [0.25, 0.3) is 0 Å². The zero-order valence-electron chi connectivity index (χ0n) is 6.46. The molecule has 1 aliphatic rings. The SMILES string of the molecule is S=C1NCCNC(=S)SCCS1. The molecule has 2 nitrogen and oxygen atoms in total. The first-order valence-electron chi connectivity index (χ1n) is 3.60. The van der Waals surface area contributed by atoms with Gasteiger partial charge in [0, 0.05) is 24.6 Å². The Morgan fingerprint density at radius 2 is 1.33 bits per heavy atom. The molecular formula is C6H10N2S4. The molecule has 0 radical (unpaired) electrons. The van der Waals surface area contributed by atoms with E-state index in [0.717, 1.165) is 33.2 Å². The Hall–Kier alpha value is 0.480. The van der Waals surface area contributed by atoms with E-state index in [4.69, 9.17) is 24.4 Å². The minimum Gasteiger partial charge on any atom is -0.369 e. The fraction of sp³-hybridized carbons (Fsp3) is 0.667. The number of nitrogens with one attached hydrogen (secondary N) is 2. The van der Waals surface area contributed by atoms with Crippen molar-refractivity contribution in [3.05, 3.63) is 0 Å². The first kappa shape index (κ1) is 10.6. The van der Waals surface area contributed by atoms with Gasteiger partial charge in [-0.2, -0.15) is 0 Å². The topological polar surface area (TPSA) is 24.1 Å². The molecule has 0 saturated carbocycles. The van der Waals surface area contributed by atoms with Gasteiger partial charge >= 0.3 is 0 Å². The highest BCUT2D eigenvalue weighted by Gasteiger charge is 2.02. The Morgan fingerprint density at radius 1 is 0.917 bits per heavy atom. The molecule has 0 atom stereocenters. The van der Waals surface area contributed by atoms with Crippen molar-refractivity contribution in [1.29, 1.82) is 0 Å². The predicted octanol–water partition coefficient (Wildman–Crippen LogP) is 1.22. The van der Waals surface area contributed by atoms with Crippen LogP contribution in [0, 0.1) is 0 Å². The summed E-state index contributed by atoms with van der Waals surface area (Å²) in [7, 11) is 0. The summed E-state index contributed by atoms with van der Waals surface area (Å²) < 4.78 is 1.79. The van der Waals surface area contributed by atoms with E-state index in [1.807, 2.05) is 0 Å². The van der Waals surface area contributed by atoms with E-state index < -0.39 is 0 Å². The smallest absolute Gasteiger partial charge is 0.133 e. The van der Waals surface area contributed by atoms with Gasteiger partial charge in [-0.3, -0.25) is 0 Å². The minimum atomic E-state index is 0.854. The van der Waals surface area contributed by atoms with Crippen LogP contribution in [0.2, 0.25) is 0 Å². The van der Waals surface area contributed by atoms with Gasteiger partial charge in [0.15, 0.2) is 0 Å². The van der Waals surface area contributed by atoms with Crippen molar-refractivity contribution in [2.75, 3.05) is 24.6 Å². The van der Waals surface area contributed by atoms with E-state index in [-0.39, 0.29) is 0 Å². The minimum absolute atomic E-state index is 0.854. The van der Waals surface area contributed by atoms with Crippen LogP contribution in [0.15, 0.2) is 0 Å². The Balaban J connectivity index is 2.29. The lowest BCUT2D eigenvalue weighted by Gasteiger charge is -2.12. The largest absolute Gasteiger partial charge is 0.369 e. The van der Waals surface area contributed by atoms with Crippen molar-refractivity contribution in [2.45, 2.75) is 0 Å². The number of rotatable bonds is 0. The van der Waals surface area contributed by atoms with Crippen LogP contribution in [0.3, 0.4) is 0 Å². The van der Waals surface area contributed by atoms with Gasteiger partial charge in [-0.1, -0.05) is 48.0 Å². The normalized spacial score (nSPS) is 21.0.